The molecule has 0 aliphatic rings. The summed E-state index contributed by atoms with van der Waals surface area (Å²) in [6.45, 7) is 1.47. The van der Waals surface area contributed by atoms with Crippen LogP contribution in [0.2, 0.25) is 0 Å². The normalized spacial score (nSPS) is 11.7. The maximum Gasteiger partial charge on any atom is 0.343 e. The van der Waals surface area contributed by atoms with Crippen molar-refractivity contribution in [1.29, 1.82) is 0 Å². The average Bonchev–Trinajstić information content (AvgIpc) is 2.54. The summed E-state index contributed by atoms with van der Waals surface area (Å²) in [6, 6.07) is 16.0. The minimum Gasteiger partial charge on any atom is -0.507 e. The first kappa shape index (κ1) is 18.5. The molecule has 1 atom stereocenters. The van der Waals surface area contributed by atoms with E-state index in [4.69, 9.17) is 4.42 Å². The molecule has 0 unspecified atom stereocenters. The molecule has 2 aromatic carbocycles. The Labute approximate surface area is 161 Å². The molecular formula is C19H16NaO4. The molecule has 0 saturated carbocycles. The van der Waals surface area contributed by atoms with E-state index in [0.717, 1.165) is 5.56 Å². The van der Waals surface area contributed by atoms with Crippen LogP contribution >= 0.6 is 0 Å². The van der Waals surface area contributed by atoms with Gasteiger partial charge in [0.25, 0.3) is 0 Å². The summed E-state index contributed by atoms with van der Waals surface area (Å²) in [6.07, 6.45) is 0.126. The van der Waals surface area contributed by atoms with Gasteiger partial charge in [0.2, 0.25) is 0 Å². The number of para-hydroxylation sites is 1. The number of carbonyl (C=O) groups is 1. The first-order valence-electron chi connectivity index (χ1n) is 7.37. The first-order chi connectivity index (χ1) is 11.1. The number of aromatic hydroxyl groups is 1. The summed E-state index contributed by atoms with van der Waals surface area (Å²) in [5, 5.41) is 11.1. The van der Waals surface area contributed by atoms with Gasteiger partial charge in [-0.1, -0.05) is 42.5 Å². The molecule has 5 heteroatoms. The predicted octanol–water partition coefficient (Wildman–Crippen LogP) is 3.23. The SMILES string of the molecule is CC(=O)C[C@@H](c1ccccc1)c1c(O)c2ccccc2oc1=O.[Na]. The number of benzene rings is 2. The van der Waals surface area contributed by atoms with E-state index < -0.39 is 11.5 Å². The number of Topliss-reactive ketones (excluding diaryl/α,β-unsaturated/α-hetero) is 1. The molecule has 3 rings (SSSR count). The molecule has 1 heterocycles. The van der Waals surface area contributed by atoms with Crippen molar-refractivity contribution in [3.63, 3.8) is 0 Å². The Morgan fingerprint density at radius 1 is 1.08 bits per heavy atom. The molecule has 4 nitrogen and oxygen atoms in total. The molecular weight excluding hydrogens is 315 g/mol. The second kappa shape index (κ2) is 7.79. The van der Waals surface area contributed by atoms with Gasteiger partial charge in [0, 0.05) is 41.9 Å². The maximum atomic E-state index is 12.4. The van der Waals surface area contributed by atoms with Crippen LogP contribution in [0.25, 0.3) is 11.0 Å². The van der Waals surface area contributed by atoms with Gasteiger partial charge in [-0.25, -0.2) is 4.79 Å². The smallest absolute Gasteiger partial charge is 0.343 e. The summed E-state index contributed by atoms with van der Waals surface area (Å²) in [4.78, 5) is 24.1. The molecule has 0 amide bonds. The molecule has 0 bridgehead atoms. The second-order valence-electron chi connectivity index (χ2n) is 5.52. The minimum atomic E-state index is -0.615. The summed E-state index contributed by atoms with van der Waals surface area (Å²) >= 11 is 0. The van der Waals surface area contributed by atoms with Crippen LogP contribution in [-0.2, 0) is 4.79 Å². The molecule has 3 aromatic rings. The molecule has 0 spiro atoms. The van der Waals surface area contributed by atoms with Crippen LogP contribution in [0.1, 0.15) is 30.4 Å². The Bertz CT molecular complexity index is 916. The zero-order valence-corrected chi connectivity index (χ0v) is 15.7. The van der Waals surface area contributed by atoms with Gasteiger partial charge in [0.15, 0.2) is 0 Å². The van der Waals surface area contributed by atoms with E-state index in [9.17, 15) is 14.7 Å². The zero-order chi connectivity index (χ0) is 16.4. The number of hydrogen-bond acceptors (Lipinski definition) is 4. The van der Waals surface area contributed by atoms with Crippen LogP contribution < -0.4 is 5.63 Å². The van der Waals surface area contributed by atoms with Gasteiger partial charge in [-0.2, -0.15) is 0 Å². The van der Waals surface area contributed by atoms with Crippen LogP contribution in [0.3, 0.4) is 0 Å². The Hall–Kier alpha value is -1.88. The molecule has 1 aromatic heterocycles. The van der Waals surface area contributed by atoms with E-state index in [0.29, 0.717) is 11.0 Å². The van der Waals surface area contributed by atoms with Crippen molar-refractivity contribution < 1.29 is 14.3 Å². The average molecular weight is 331 g/mol. The molecule has 0 aliphatic carbocycles. The third-order valence-electron chi connectivity index (χ3n) is 3.86. The number of hydrogen-bond donors (Lipinski definition) is 1. The number of rotatable bonds is 4. The van der Waals surface area contributed by atoms with Crippen molar-refractivity contribution in [2.45, 2.75) is 19.3 Å². The molecule has 0 saturated heterocycles. The van der Waals surface area contributed by atoms with Crippen LogP contribution in [0, 0.1) is 0 Å². The van der Waals surface area contributed by atoms with E-state index >= 15 is 0 Å². The van der Waals surface area contributed by atoms with Gasteiger partial charge >= 0.3 is 5.63 Å². The molecule has 1 N–H and O–H groups in total. The van der Waals surface area contributed by atoms with Gasteiger partial charge < -0.3 is 9.52 Å². The quantitative estimate of drug-likeness (QED) is 0.589. The Morgan fingerprint density at radius 3 is 2.38 bits per heavy atom. The summed E-state index contributed by atoms with van der Waals surface area (Å²) in [7, 11) is 0. The zero-order valence-electron chi connectivity index (χ0n) is 13.7. The topological polar surface area (TPSA) is 67.5 Å². The second-order valence-corrected chi connectivity index (χ2v) is 5.52. The summed E-state index contributed by atoms with van der Waals surface area (Å²) in [5.74, 6) is -0.715. The van der Waals surface area contributed by atoms with E-state index in [1.54, 1.807) is 24.3 Å². The van der Waals surface area contributed by atoms with Crippen molar-refractivity contribution in [2.75, 3.05) is 0 Å². The van der Waals surface area contributed by atoms with E-state index in [1.807, 2.05) is 30.3 Å². The van der Waals surface area contributed by atoms with Gasteiger partial charge in [0.05, 0.1) is 10.9 Å². The van der Waals surface area contributed by atoms with Crippen LogP contribution in [0.4, 0.5) is 0 Å². The monoisotopic (exact) mass is 331 g/mol. The Balaban J connectivity index is 0.00000208. The van der Waals surface area contributed by atoms with Crippen molar-refractivity contribution in [3.05, 3.63) is 76.1 Å². The van der Waals surface area contributed by atoms with Crippen LogP contribution in [-0.4, -0.2) is 40.4 Å². The van der Waals surface area contributed by atoms with E-state index in [-0.39, 0.29) is 53.1 Å². The summed E-state index contributed by atoms with van der Waals surface area (Å²) < 4.78 is 5.33. The fraction of sp³-hybridized carbons (Fsp3) is 0.158. The molecule has 117 valence electrons. The summed E-state index contributed by atoms with van der Waals surface area (Å²) in [5.41, 5.74) is 0.635. The Morgan fingerprint density at radius 2 is 1.71 bits per heavy atom. The first-order valence-corrected chi connectivity index (χ1v) is 7.37. The number of fused-ring (bicyclic) bond motifs is 1. The molecule has 24 heavy (non-hydrogen) atoms. The number of ketones is 1. The fourth-order valence-electron chi connectivity index (χ4n) is 2.81. The van der Waals surface area contributed by atoms with Crippen molar-refractivity contribution in [2.24, 2.45) is 0 Å². The van der Waals surface area contributed by atoms with Crippen molar-refractivity contribution >= 4 is 46.3 Å². The maximum absolute atomic E-state index is 12.4. The largest absolute Gasteiger partial charge is 0.507 e. The van der Waals surface area contributed by atoms with Crippen molar-refractivity contribution in [3.8, 4) is 5.75 Å². The standard InChI is InChI=1S/C19H16O4.Na/c1-12(20)11-15(13-7-3-2-4-8-13)17-18(21)14-9-5-6-10-16(14)23-19(17)22;/h2-10,15,21H,11H2,1H3;/t15-;/m0./s1. The van der Waals surface area contributed by atoms with Crippen molar-refractivity contribution in [1.82, 2.24) is 0 Å². The third kappa shape index (κ3) is 3.61. The van der Waals surface area contributed by atoms with Crippen LogP contribution in [0.15, 0.2) is 63.8 Å². The molecule has 1 radical (unpaired) electrons. The fourth-order valence-corrected chi connectivity index (χ4v) is 2.81. The van der Waals surface area contributed by atoms with E-state index in [2.05, 4.69) is 0 Å². The predicted molar refractivity (Wildman–Crippen MR) is 93.5 cm³/mol. The van der Waals surface area contributed by atoms with E-state index in [1.165, 1.54) is 6.92 Å². The van der Waals surface area contributed by atoms with Gasteiger partial charge in [0.1, 0.15) is 17.1 Å². The molecule has 0 aliphatic heterocycles. The Kier molecular flexibility index (Phi) is 5.99. The minimum absolute atomic E-state index is 0. The van der Waals surface area contributed by atoms with Crippen LogP contribution in [0.5, 0.6) is 5.75 Å². The number of carbonyl (C=O) groups excluding carboxylic acids is 1. The van der Waals surface area contributed by atoms with Gasteiger partial charge in [-0.15, -0.1) is 0 Å². The molecule has 0 fully saturated rings. The van der Waals surface area contributed by atoms with Gasteiger partial charge in [-0.3, -0.25) is 4.79 Å². The van der Waals surface area contributed by atoms with Gasteiger partial charge in [-0.05, 0) is 24.6 Å². The third-order valence-corrected chi connectivity index (χ3v) is 3.86.